The molecule has 1 N–H and O–H groups in total. The molecule has 25 heavy (non-hydrogen) atoms. The standard InChI is InChI=1S/C16H17FN2O5S/c1-10(20)18-7-13-8-24-16(21)19(13)12-2-3-14(15(17)6-12)11-4-5-25(22,23)9-11/h2-3,6,9,13H,4-5,7-8H2,1H3,(H,18,20)/t13-/m0/s1. The Hall–Kier alpha value is -2.42. The summed E-state index contributed by atoms with van der Waals surface area (Å²) in [5, 5.41) is 3.70. The van der Waals surface area contributed by atoms with E-state index in [2.05, 4.69) is 5.32 Å². The highest BCUT2D eigenvalue weighted by Gasteiger charge is 2.34. The van der Waals surface area contributed by atoms with E-state index in [9.17, 15) is 22.4 Å². The number of carbonyl (C=O) groups is 2. The summed E-state index contributed by atoms with van der Waals surface area (Å²) in [6, 6.07) is 3.73. The molecular formula is C16H17FN2O5S. The normalized spacial score (nSPS) is 21.8. The average molecular weight is 368 g/mol. The first kappa shape index (κ1) is 17.4. The number of cyclic esters (lactones) is 1. The van der Waals surface area contributed by atoms with Crippen LogP contribution in [0.15, 0.2) is 23.6 Å². The number of carbonyl (C=O) groups excluding carboxylic acids is 2. The fraction of sp³-hybridized carbons (Fsp3) is 0.375. The van der Waals surface area contributed by atoms with Crippen molar-refractivity contribution in [1.82, 2.24) is 5.32 Å². The van der Waals surface area contributed by atoms with Gasteiger partial charge in [0.2, 0.25) is 5.91 Å². The highest BCUT2D eigenvalue weighted by Crippen LogP contribution is 2.32. The fourth-order valence-electron chi connectivity index (χ4n) is 2.89. The lowest BCUT2D eigenvalue weighted by Gasteiger charge is -2.22. The van der Waals surface area contributed by atoms with Crippen molar-refractivity contribution in [2.45, 2.75) is 19.4 Å². The zero-order valence-electron chi connectivity index (χ0n) is 13.5. The van der Waals surface area contributed by atoms with Crippen molar-refractivity contribution in [3.63, 3.8) is 0 Å². The molecule has 0 unspecified atom stereocenters. The van der Waals surface area contributed by atoms with Gasteiger partial charge in [0.15, 0.2) is 9.84 Å². The number of nitrogens with one attached hydrogen (secondary N) is 1. The molecule has 9 heteroatoms. The molecular weight excluding hydrogens is 351 g/mol. The summed E-state index contributed by atoms with van der Waals surface area (Å²) in [4.78, 5) is 24.3. The van der Waals surface area contributed by atoms with E-state index in [4.69, 9.17) is 4.74 Å². The van der Waals surface area contributed by atoms with Gasteiger partial charge in [0, 0.05) is 24.4 Å². The highest BCUT2D eigenvalue weighted by atomic mass is 32.2. The van der Waals surface area contributed by atoms with Crippen LogP contribution in [0.1, 0.15) is 18.9 Å². The van der Waals surface area contributed by atoms with Gasteiger partial charge in [-0.15, -0.1) is 0 Å². The van der Waals surface area contributed by atoms with E-state index in [1.807, 2.05) is 0 Å². The Kier molecular flexibility index (Phi) is 4.51. The molecule has 1 saturated heterocycles. The van der Waals surface area contributed by atoms with E-state index in [0.717, 1.165) is 5.41 Å². The monoisotopic (exact) mass is 368 g/mol. The highest BCUT2D eigenvalue weighted by molar-refractivity contribution is 7.94. The molecule has 1 atom stereocenters. The second-order valence-corrected chi connectivity index (χ2v) is 7.93. The summed E-state index contributed by atoms with van der Waals surface area (Å²) in [5.41, 5.74) is 0.916. The average Bonchev–Trinajstić information content (AvgIpc) is 3.07. The first-order valence-electron chi connectivity index (χ1n) is 7.70. The number of anilines is 1. The van der Waals surface area contributed by atoms with Gasteiger partial charge in [-0.2, -0.15) is 0 Å². The van der Waals surface area contributed by atoms with Crippen LogP contribution in [0.25, 0.3) is 5.57 Å². The number of benzene rings is 1. The van der Waals surface area contributed by atoms with Gasteiger partial charge >= 0.3 is 6.09 Å². The van der Waals surface area contributed by atoms with Gasteiger partial charge < -0.3 is 10.1 Å². The van der Waals surface area contributed by atoms with Crippen molar-refractivity contribution < 1.29 is 27.1 Å². The van der Waals surface area contributed by atoms with Crippen LogP contribution in [0, 0.1) is 5.82 Å². The SMILES string of the molecule is CC(=O)NC[C@H]1COC(=O)N1c1ccc(C2=CS(=O)(=O)CC2)c(F)c1. The molecule has 2 amide bonds. The molecule has 3 rings (SSSR count). The Morgan fingerprint density at radius 1 is 1.44 bits per heavy atom. The summed E-state index contributed by atoms with van der Waals surface area (Å²) in [6.07, 6.45) is -0.361. The zero-order chi connectivity index (χ0) is 18.2. The summed E-state index contributed by atoms with van der Waals surface area (Å²) in [7, 11) is -3.27. The Morgan fingerprint density at radius 2 is 2.20 bits per heavy atom. The molecule has 0 spiro atoms. The number of ether oxygens (including phenoxy) is 1. The van der Waals surface area contributed by atoms with Gasteiger partial charge in [0.1, 0.15) is 12.4 Å². The molecule has 7 nitrogen and oxygen atoms in total. The van der Waals surface area contributed by atoms with Gasteiger partial charge in [-0.1, -0.05) is 0 Å². The molecule has 2 aliphatic heterocycles. The van der Waals surface area contributed by atoms with E-state index in [1.54, 1.807) is 0 Å². The molecule has 0 aromatic heterocycles. The van der Waals surface area contributed by atoms with Crippen LogP contribution in [0.3, 0.4) is 0 Å². The smallest absolute Gasteiger partial charge is 0.414 e. The van der Waals surface area contributed by atoms with Crippen LogP contribution >= 0.6 is 0 Å². The van der Waals surface area contributed by atoms with Crippen molar-refractivity contribution in [3.8, 4) is 0 Å². The molecule has 0 aliphatic carbocycles. The van der Waals surface area contributed by atoms with Gasteiger partial charge in [-0.05, 0) is 30.2 Å². The molecule has 1 aromatic carbocycles. The molecule has 2 aliphatic rings. The lowest BCUT2D eigenvalue weighted by molar-refractivity contribution is -0.119. The van der Waals surface area contributed by atoms with Crippen molar-refractivity contribution in [2.75, 3.05) is 23.8 Å². The number of sulfone groups is 1. The first-order valence-corrected chi connectivity index (χ1v) is 9.42. The van der Waals surface area contributed by atoms with E-state index in [-0.39, 0.29) is 36.8 Å². The quantitative estimate of drug-likeness (QED) is 0.868. The minimum Gasteiger partial charge on any atom is -0.447 e. The van der Waals surface area contributed by atoms with E-state index in [1.165, 1.54) is 30.0 Å². The Morgan fingerprint density at radius 3 is 2.80 bits per heavy atom. The first-order chi connectivity index (χ1) is 11.8. The molecule has 2 heterocycles. The molecule has 1 fully saturated rings. The molecule has 0 radical (unpaired) electrons. The molecule has 1 aromatic rings. The summed E-state index contributed by atoms with van der Waals surface area (Å²) in [5.74, 6) is -0.880. The number of nitrogens with zero attached hydrogens (tertiary/aromatic N) is 1. The zero-order valence-corrected chi connectivity index (χ0v) is 14.3. The lowest BCUT2D eigenvalue weighted by atomic mass is 10.0. The second kappa shape index (κ2) is 6.47. The molecule has 0 saturated carbocycles. The Bertz CT molecular complexity index is 865. The van der Waals surface area contributed by atoms with Crippen molar-refractivity contribution >= 4 is 33.1 Å². The number of amides is 2. The van der Waals surface area contributed by atoms with Gasteiger partial charge in [0.25, 0.3) is 0 Å². The summed E-state index contributed by atoms with van der Waals surface area (Å²) in [6.45, 7) is 1.64. The van der Waals surface area contributed by atoms with Crippen LogP contribution in [0.2, 0.25) is 0 Å². The van der Waals surface area contributed by atoms with E-state index >= 15 is 0 Å². The number of hydrogen-bond acceptors (Lipinski definition) is 5. The van der Waals surface area contributed by atoms with Crippen LogP contribution in [0.5, 0.6) is 0 Å². The second-order valence-electron chi connectivity index (χ2n) is 5.96. The minimum atomic E-state index is -3.27. The third-order valence-corrected chi connectivity index (χ3v) is 5.52. The van der Waals surface area contributed by atoms with E-state index in [0.29, 0.717) is 11.3 Å². The number of rotatable bonds is 4. The third kappa shape index (κ3) is 3.65. The lowest BCUT2D eigenvalue weighted by Crippen LogP contribution is -2.42. The maximum atomic E-state index is 14.5. The van der Waals surface area contributed by atoms with Gasteiger partial charge in [0.05, 0.1) is 17.5 Å². The summed E-state index contributed by atoms with van der Waals surface area (Å²) < 4.78 is 42.5. The molecule has 134 valence electrons. The van der Waals surface area contributed by atoms with Crippen molar-refractivity contribution in [1.29, 1.82) is 0 Å². The van der Waals surface area contributed by atoms with Crippen LogP contribution in [-0.4, -0.2) is 45.4 Å². The fourth-order valence-corrected chi connectivity index (χ4v) is 4.19. The number of hydrogen-bond donors (Lipinski definition) is 1. The minimum absolute atomic E-state index is 0.0270. The van der Waals surface area contributed by atoms with Crippen molar-refractivity contribution in [2.24, 2.45) is 0 Å². The predicted octanol–water partition coefficient (Wildman–Crippen LogP) is 1.45. The third-order valence-electron chi connectivity index (χ3n) is 4.10. The van der Waals surface area contributed by atoms with Crippen LogP contribution in [-0.2, 0) is 19.4 Å². The van der Waals surface area contributed by atoms with Gasteiger partial charge in [-0.3, -0.25) is 9.69 Å². The Labute approximate surface area is 144 Å². The van der Waals surface area contributed by atoms with E-state index < -0.39 is 27.8 Å². The Balaban J connectivity index is 1.86. The number of allylic oxidation sites excluding steroid dienone is 1. The number of halogens is 1. The maximum Gasteiger partial charge on any atom is 0.414 e. The topological polar surface area (TPSA) is 92.8 Å². The van der Waals surface area contributed by atoms with Crippen LogP contribution < -0.4 is 10.2 Å². The predicted molar refractivity (Wildman–Crippen MR) is 89.1 cm³/mol. The summed E-state index contributed by atoms with van der Waals surface area (Å²) >= 11 is 0. The van der Waals surface area contributed by atoms with Crippen LogP contribution in [0.4, 0.5) is 14.9 Å². The molecule has 0 bridgehead atoms. The van der Waals surface area contributed by atoms with Gasteiger partial charge in [-0.25, -0.2) is 17.6 Å². The van der Waals surface area contributed by atoms with Crippen molar-refractivity contribution in [3.05, 3.63) is 35.0 Å². The maximum absolute atomic E-state index is 14.5. The largest absolute Gasteiger partial charge is 0.447 e.